The molecule has 1 aliphatic carbocycles. The van der Waals surface area contributed by atoms with E-state index in [0.717, 1.165) is 5.92 Å². The van der Waals surface area contributed by atoms with Crippen LogP contribution in [0.15, 0.2) is 12.1 Å². The lowest BCUT2D eigenvalue weighted by Crippen LogP contribution is -2.32. The zero-order valence-corrected chi connectivity index (χ0v) is 12.5. The summed E-state index contributed by atoms with van der Waals surface area (Å²) in [6, 6.07) is 4.38. The van der Waals surface area contributed by atoms with Gasteiger partial charge in [-0.15, -0.1) is 11.3 Å². The molecular formula is C15H25NOS. The highest BCUT2D eigenvalue weighted by atomic mass is 32.1. The Labute approximate surface area is 115 Å². The third-order valence-corrected chi connectivity index (χ3v) is 4.81. The summed E-state index contributed by atoms with van der Waals surface area (Å²) in [5.41, 5.74) is 6.11. The zero-order chi connectivity index (χ0) is 13.1. The zero-order valence-electron chi connectivity index (χ0n) is 11.7. The second-order valence-corrected chi connectivity index (χ2v) is 7.08. The topological polar surface area (TPSA) is 35.2 Å². The second-order valence-electron chi connectivity index (χ2n) is 5.76. The highest BCUT2D eigenvalue weighted by Gasteiger charge is 2.26. The van der Waals surface area contributed by atoms with Gasteiger partial charge in [0.15, 0.2) is 0 Å². The van der Waals surface area contributed by atoms with Crippen molar-refractivity contribution in [3.05, 3.63) is 21.9 Å². The van der Waals surface area contributed by atoms with E-state index in [1.807, 2.05) is 18.3 Å². The first-order valence-corrected chi connectivity index (χ1v) is 7.85. The fraction of sp³-hybridized carbons (Fsp3) is 0.733. The molecule has 3 heteroatoms. The van der Waals surface area contributed by atoms with Gasteiger partial charge in [0.25, 0.3) is 0 Å². The average molecular weight is 267 g/mol. The monoisotopic (exact) mass is 267 g/mol. The first-order chi connectivity index (χ1) is 8.56. The van der Waals surface area contributed by atoms with Crippen molar-refractivity contribution in [3.63, 3.8) is 0 Å². The van der Waals surface area contributed by atoms with Crippen LogP contribution in [0, 0.1) is 12.8 Å². The Balaban J connectivity index is 2.02. The molecule has 0 saturated heterocycles. The van der Waals surface area contributed by atoms with E-state index in [-0.39, 0.29) is 12.1 Å². The number of thiophene rings is 1. The molecule has 2 rings (SSSR count). The minimum Gasteiger partial charge on any atom is -0.368 e. The Morgan fingerprint density at radius 2 is 2.17 bits per heavy atom. The molecule has 1 aromatic heterocycles. The number of aryl methyl sites for hydroxylation is 1. The minimum atomic E-state index is 0.0558. The Bertz CT molecular complexity index is 374. The first kappa shape index (κ1) is 14.0. The van der Waals surface area contributed by atoms with E-state index in [1.54, 1.807) is 0 Å². The normalized spacial score (nSPS) is 28.0. The summed E-state index contributed by atoms with van der Waals surface area (Å²) in [6.45, 7) is 6.51. The predicted molar refractivity (Wildman–Crippen MR) is 78.0 cm³/mol. The van der Waals surface area contributed by atoms with Crippen LogP contribution in [-0.2, 0) is 4.74 Å². The minimum absolute atomic E-state index is 0.0558. The molecule has 102 valence electrons. The van der Waals surface area contributed by atoms with Gasteiger partial charge in [0.1, 0.15) is 6.10 Å². The molecule has 0 aliphatic heterocycles. The predicted octanol–water partition coefficient (Wildman–Crippen LogP) is 4.04. The molecule has 18 heavy (non-hydrogen) atoms. The Hall–Kier alpha value is -0.380. The van der Waals surface area contributed by atoms with Crippen LogP contribution in [0.4, 0.5) is 0 Å². The molecule has 1 aromatic rings. The Kier molecular flexibility index (Phi) is 4.82. The Morgan fingerprint density at radius 3 is 2.72 bits per heavy atom. The van der Waals surface area contributed by atoms with Gasteiger partial charge in [-0.3, -0.25) is 0 Å². The van der Waals surface area contributed by atoms with Crippen LogP contribution in [0.25, 0.3) is 0 Å². The molecule has 1 heterocycles. The fourth-order valence-electron chi connectivity index (χ4n) is 2.77. The van der Waals surface area contributed by atoms with Crippen LogP contribution in [-0.4, -0.2) is 12.1 Å². The number of rotatable bonds is 4. The van der Waals surface area contributed by atoms with Crippen LogP contribution in [0.2, 0.25) is 0 Å². The van der Waals surface area contributed by atoms with E-state index in [9.17, 15) is 0 Å². The molecule has 2 N–H and O–H groups in total. The highest BCUT2D eigenvalue weighted by molar-refractivity contribution is 7.12. The molecule has 0 amide bonds. The SMILES string of the molecule is Cc1ccc(C(OC2CCCC(C)C2)C(C)N)s1. The lowest BCUT2D eigenvalue weighted by Gasteiger charge is -2.31. The van der Waals surface area contributed by atoms with E-state index in [2.05, 4.69) is 26.0 Å². The average Bonchev–Trinajstić information content (AvgIpc) is 2.72. The largest absolute Gasteiger partial charge is 0.368 e. The first-order valence-electron chi connectivity index (χ1n) is 7.03. The molecule has 0 bridgehead atoms. The molecule has 0 radical (unpaired) electrons. The molecule has 0 aromatic carbocycles. The quantitative estimate of drug-likeness (QED) is 0.893. The van der Waals surface area contributed by atoms with Gasteiger partial charge >= 0.3 is 0 Å². The summed E-state index contributed by atoms with van der Waals surface area (Å²) in [5.74, 6) is 0.794. The highest BCUT2D eigenvalue weighted by Crippen LogP contribution is 2.33. The third-order valence-electron chi connectivity index (χ3n) is 3.75. The van der Waals surface area contributed by atoms with E-state index < -0.39 is 0 Å². The maximum atomic E-state index is 6.31. The third kappa shape index (κ3) is 3.56. The van der Waals surface area contributed by atoms with E-state index in [4.69, 9.17) is 10.5 Å². The van der Waals surface area contributed by atoms with Gasteiger partial charge in [-0.2, -0.15) is 0 Å². The smallest absolute Gasteiger partial charge is 0.107 e. The van der Waals surface area contributed by atoms with Crippen LogP contribution in [0.5, 0.6) is 0 Å². The van der Waals surface area contributed by atoms with Crippen LogP contribution in [0.3, 0.4) is 0 Å². The van der Waals surface area contributed by atoms with Crippen molar-refractivity contribution in [1.82, 2.24) is 0 Å². The molecular weight excluding hydrogens is 242 g/mol. The van der Waals surface area contributed by atoms with Gasteiger partial charge in [-0.25, -0.2) is 0 Å². The maximum Gasteiger partial charge on any atom is 0.107 e. The molecule has 4 unspecified atom stereocenters. The summed E-state index contributed by atoms with van der Waals surface area (Å²) in [7, 11) is 0. The lowest BCUT2D eigenvalue weighted by molar-refractivity contribution is -0.0473. The van der Waals surface area contributed by atoms with Gasteiger partial charge in [-0.1, -0.05) is 19.8 Å². The van der Waals surface area contributed by atoms with Crippen molar-refractivity contribution >= 4 is 11.3 Å². The number of nitrogens with two attached hydrogens (primary N) is 1. The van der Waals surface area contributed by atoms with Crippen LogP contribution >= 0.6 is 11.3 Å². The van der Waals surface area contributed by atoms with Crippen molar-refractivity contribution in [2.24, 2.45) is 11.7 Å². The van der Waals surface area contributed by atoms with Gasteiger partial charge in [-0.05, 0) is 44.7 Å². The molecule has 2 nitrogen and oxygen atoms in total. The molecule has 1 saturated carbocycles. The van der Waals surface area contributed by atoms with Gasteiger partial charge in [0, 0.05) is 15.8 Å². The van der Waals surface area contributed by atoms with Crippen LogP contribution < -0.4 is 5.73 Å². The number of hydrogen-bond donors (Lipinski definition) is 1. The van der Waals surface area contributed by atoms with E-state index >= 15 is 0 Å². The van der Waals surface area contributed by atoms with Crippen molar-refractivity contribution < 1.29 is 4.74 Å². The summed E-state index contributed by atoms with van der Waals surface area (Å²) in [6.07, 6.45) is 5.49. The lowest BCUT2D eigenvalue weighted by atomic mass is 9.88. The number of ether oxygens (including phenoxy) is 1. The molecule has 1 aliphatic rings. The van der Waals surface area contributed by atoms with Crippen molar-refractivity contribution in [2.45, 2.75) is 64.7 Å². The maximum absolute atomic E-state index is 6.31. The van der Waals surface area contributed by atoms with Gasteiger partial charge < -0.3 is 10.5 Å². The van der Waals surface area contributed by atoms with Crippen molar-refractivity contribution in [3.8, 4) is 0 Å². The summed E-state index contributed by atoms with van der Waals surface area (Å²) < 4.78 is 6.31. The second kappa shape index (κ2) is 6.18. The van der Waals surface area contributed by atoms with Gasteiger partial charge in [0.05, 0.1) is 6.10 Å². The van der Waals surface area contributed by atoms with Crippen LogP contribution in [0.1, 0.15) is 55.4 Å². The molecule has 1 fully saturated rings. The fourth-order valence-corrected chi connectivity index (χ4v) is 3.80. The van der Waals surface area contributed by atoms with E-state index in [1.165, 1.54) is 35.4 Å². The summed E-state index contributed by atoms with van der Waals surface area (Å²) >= 11 is 1.81. The molecule has 0 spiro atoms. The standard InChI is InChI=1S/C15H25NOS/c1-10-5-4-6-13(9-10)17-15(12(3)16)14-8-7-11(2)18-14/h7-8,10,12-13,15H,4-6,9,16H2,1-3H3. The summed E-state index contributed by atoms with van der Waals surface area (Å²) in [5, 5.41) is 0. The van der Waals surface area contributed by atoms with Crippen molar-refractivity contribution in [2.75, 3.05) is 0 Å². The number of hydrogen-bond acceptors (Lipinski definition) is 3. The van der Waals surface area contributed by atoms with Crippen molar-refractivity contribution in [1.29, 1.82) is 0 Å². The van der Waals surface area contributed by atoms with E-state index in [0.29, 0.717) is 6.10 Å². The summed E-state index contributed by atoms with van der Waals surface area (Å²) in [4.78, 5) is 2.61. The molecule has 4 atom stereocenters. The van der Waals surface area contributed by atoms with Gasteiger partial charge in [0.2, 0.25) is 0 Å². The Morgan fingerprint density at radius 1 is 1.39 bits per heavy atom.